The summed E-state index contributed by atoms with van der Waals surface area (Å²) in [6.45, 7) is 0. The second-order valence-electron chi connectivity index (χ2n) is 8.33. The molecule has 3 aromatic heterocycles. The molecule has 6 nitrogen and oxygen atoms in total. The minimum atomic E-state index is -4.48. The van der Waals surface area contributed by atoms with Crippen molar-refractivity contribution >= 4 is 11.0 Å². The molecule has 0 unspecified atom stereocenters. The van der Waals surface area contributed by atoms with Crippen LogP contribution in [0.1, 0.15) is 16.8 Å². The third-order valence-electron chi connectivity index (χ3n) is 5.92. The number of halogens is 3. The van der Waals surface area contributed by atoms with E-state index in [1.807, 2.05) is 54.2 Å². The lowest BCUT2D eigenvalue weighted by molar-refractivity contribution is -0.140. The molecule has 5 rings (SSSR count). The Labute approximate surface area is 199 Å². The highest BCUT2D eigenvalue weighted by Gasteiger charge is 2.34. The lowest BCUT2D eigenvalue weighted by Crippen LogP contribution is -2.04. The number of hydrogen-bond acceptors (Lipinski definition) is 4. The van der Waals surface area contributed by atoms with Crippen molar-refractivity contribution < 1.29 is 17.9 Å². The van der Waals surface area contributed by atoms with Gasteiger partial charge in [-0.25, -0.2) is 15.0 Å². The van der Waals surface area contributed by atoms with Gasteiger partial charge in [0.25, 0.3) is 0 Å². The van der Waals surface area contributed by atoms with E-state index in [9.17, 15) is 13.2 Å². The monoisotopic (exact) mass is 477 g/mol. The van der Waals surface area contributed by atoms with Gasteiger partial charge in [0.15, 0.2) is 11.5 Å². The number of fused-ring (bicyclic) bond motifs is 1. The van der Waals surface area contributed by atoms with E-state index in [4.69, 9.17) is 9.72 Å². The average Bonchev–Trinajstić information content (AvgIpc) is 3.39. The first-order valence-corrected chi connectivity index (χ1v) is 10.9. The quantitative estimate of drug-likeness (QED) is 0.328. The van der Waals surface area contributed by atoms with E-state index in [1.54, 1.807) is 32.5 Å². The second-order valence-corrected chi connectivity index (χ2v) is 8.33. The van der Waals surface area contributed by atoms with Gasteiger partial charge in [-0.2, -0.15) is 13.2 Å². The van der Waals surface area contributed by atoms with Gasteiger partial charge in [-0.15, -0.1) is 0 Å². The van der Waals surface area contributed by atoms with Gasteiger partial charge in [0.1, 0.15) is 11.6 Å². The Morgan fingerprint density at radius 1 is 0.914 bits per heavy atom. The molecule has 0 aliphatic heterocycles. The highest BCUT2D eigenvalue weighted by atomic mass is 19.4. The van der Waals surface area contributed by atoms with Crippen LogP contribution in [0.25, 0.3) is 33.8 Å². The molecule has 0 radical (unpaired) electrons. The summed E-state index contributed by atoms with van der Waals surface area (Å²) in [5, 5.41) is 0. The molecule has 0 amide bonds. The van der Waals surface area contributed by atoms with Crippen molar-refractivity contribution in [2.24, 2.45) is 14.1 Å². The molecule has 0 atom stereocenters. The molecule has 0 saturated heterocycles. The molecular formula is C26H22F3N5O. The number of nitrogens with zero attached hydrogens (tertiary/aromatic N) is 5. The number of benzene rings is 2. The molecule has 178 valence electrons. The number of aromatic nitrogens is 5. The third-order valence-corrected chi connectivity index (χ3v) is 5.92. The van der Waals surface area contributed by atoms with Crippen LogP contribution in [0, 0.1) is 0 Å². The van der Waals surface area contributed by atoms with E-state index in [0.717, 1.165) is 33.9 Å². The number of alkyl halides is 3. The predicted molar refractivity (Wildman–Crippen MR) is 127 cm³/mol. The zero-order chi connectivity index (χ0) is 24.7. The van der Waals surface area contributed by atoms with Crippen LogP contribution < -0.4 is 4.74 Å². The topological polar surface area (TPSA) is 57.8 Å². The minimum absolute atomic E-state index is 0.267. The maximum atomic E-state index is 13.0. The van der Waals surface area contributed by atoms with Gasteiger partial charge in [0.2, 0.25) is 0 Å². The number of hydrogen-bond donors (Lipinski definition) is 0. The Kier molecular flexibility index (Phi) is 5.55. The van der Waals surface area contributed by atoms with Crippen LogP contribution in [0.3, 0.4) is 0 Å². The van der Waals surface area contributed by atoms with Crippen molar-refractivity contribution in [3.63, 3.8) is 0 Å². The number of imidazole rings is 1. The van der Waals surface area contributed by atoms with E-state index in [1.165, 1.54) is 4.57 Å². The third kappa shape index (κ3) is 4.25. The fourth-order valence-corrected chi connectivity index (χ4v) is 4.19. The molecule has 0 saturated carbocycles. The predicted octanol–water partition coefficient (Wildman–Crippen LogP) is 5.65. The minimum Gasteiger partial charge on any atom is -0.496 e. The van der Waals surface area contributed by atoms with Crippen LogP contribution in [0.5, 0.6) is 5.75 Å². The Balaban J connectivity index is 1.46. The summed E-state index contributed by atoms with van der Waals surface area (Å²) in [4.78, 5) is 13.1. The fourth-order valence-electron chi connectivity index (χ4n) is 4.19. The van der Waals surface area contributed by atoms with Crippen molar-refractivity contribution in [2.75, 3.05) is 7.11 Å². The first-order chi connectivity index (χ1) is 16.7. The second kappa shape index (κ2) is 8.57. The Morgan fingerprint density at radius 3 is 2.34 bits per heavy atom. The van der Waals surface area contributed by atoms with Crippen LogP contribution in [-0.2, 0) is 26.7 Å². The zero-order valence-corrected chi connectivity index (χ0v) is 19.3. The van der Waals surface area contributed by atoms with Crippen LogP contribution >= 0.6 is 0 Å². The molecule has 0 fully saturated rings. The van der Waals surface area contributed by atoms with Crippen molar-refractivity contribution in [3.8, 4) is 28.5 Å². The van der Waals surface area contributed by atoms with Crippen LogP contribution in [0.4, 0.5) is 13.2 Å². The molecule has 3 heterocycles. The van der Waals surface area contributed by atoms with Gasteiger partial charge >= 0.3 is 6.18 Å². The number of methoxy groups -OCH3 is 1. The summed E-state index contributed by atoms with van der Waals surface area (Å²) >= 11 is 0. The lowest BCUT2D eigenvalue weighted by Gasteiger charge is -2.07. The number of ether oxygens (including phenoxy) is 1. The van der Waals surface area contributed by atoms with Gasteiger partial charge < -0.3 is 13.9 Å². The summed E-state index contributed by atoms with van der Waals surface area (Å²) in [7, 11) is 5.12. The largest absolute Gasteiger partial charge is 0.496 e. The highest BCUT2D eigenvalue weighted by molar-refractivity contribution is 5.82. The summed E-state index contributed by atoms with van der Waals surface area (Å²) in [6, 6.07) is 15.0. The van der Waals surface area contributed by atoms with Gasteiger partial charge in [-0.3, -0.25) is 0 Å². The SMILES string of the molecule is COc1ccccc1-c1ncc2c(n1)c(Cc1ccc(-c3nc(C(F)(F)F)cn3C)cc1)cn2C. The molecule has 0 bridgehead atoms. The Hall–Kier alpha value is -4.14. The molecular weight excluding hydrogens is 455 g/mol. The van der Waals surface area contributed by atoms with Gasteiger partial charge in [0, 0.05) is 44.0 Å². The molecule has 2 aromatic carbocycles. The maximum absolute atomic E-state index is 13.0. The van der Waals surface area contributed by atoms with Gasteiger partial charge in [-0.1, -0.05) is 36.4 Å². The van der Waals surface area contributed by atoms with Crippen LogP contribution in [0.15, 0.2) is 67.1 Å². The molecule has 9 heteroatoms. The van der Waals surface area contributed by atoms with E-state index in [-0.39, 0.29) is 5.82 Å². The fraction of sp³-hybridized carbons (Fsp3) is 0.192. The first kappa shape index (κ1) is 22.6. The van der Waals surface area contributed by atoms with E-state index in [0.29, 0.717) is 23.6 Å². The van der Waals surface area contributed by atoms with Gasteiger partial charge in [-0.05, 0) is 17.7 Å². The normalized spacial score (nSPS) is 11.8. The van der Waals surface area contributed by atoms with Gasteiger partial charge in [0.05, 0.1) is 29.9 Å². The molecule has 5 aromatic rings. The average molecular weight is 477 g/mol. The first-order valence-electron chi connectivity index (χ1n) is 10.9. The molecule has 0 N–H and O–H groups in total. The van der Waals surface area contributed by atoms with Crippen LogP contribution in [0.2, 0.25) is 0 Å². The van der Waals surface area contributed by atoms with Crippen molar-refractivity contribution in [1.82, 2.24) is 24.1 Å². The molecule has 0 aliphatic rings. The van der Waals surface area contributed by atoms with Crippen molar-refractivity contribution in [2.45, 2.75) is 12.6 Å². The van der Waals surface area contributed by atoms with Crippen molar-refractivity contribution in [1.29, 1.82) is 0 Å². The van der Waals surface area contributed by atoms with Crippen LogP contribution in [-0.4, -0.2) is 31.2 Å². The summed E-state index contributed by atoms with van der Waals surface area (Å²) in [5.41, 5.74) is 4.29. The number of para-hydroxylation sites is 1. The molecule has 0 spiro atoms. The standard InChI is InChI=1S/C26H22F3N5O/c1-33-14-18(23-20(33)13-30-24(32-23)19-6-4-5-7-21(19)35-3)12-16-8-10-17(11-9-16)25-31-22(15-34(25)2)26(27,28)29/h4-11,13-15H,12H2,1-3H3. The molecule has 0 aliphatic carbocycles. The van der Waals surface area contributed by atoms with E-state index < -0.39 is 11.9 Å². The Morgan fingerprint density at radius 2 is 1.66 bits per heavy atom. The van der Waals surface area contributed by atoms with E-state index >= 15 is 0 Å². The lowest BCUT2D eigenvalue weighted by atomic mass is 10.0. The number of rotatable bonds is 5. The smallest absolute Gasteiger partial charge is 0.434 e. The summed E-state index contributed by atoms with van der Waals surface area (Å²) in [5.74, 6) is 1.54. The maximum Gasteiger partial charge on any atom is 0.434 e. The number of aryl methyl sites for hydroxylation is 2. The Bertz CT molecular complexity index is 1520. The highest BCUT2D eigenvalue weighted by Crippen LogP contribution is 2.32. The zero-order valence-electron chi connectivity index (χ0n) is 19.3. The van der Waals surface area contributed by atoms with Crippen molar-refractivity contribution in [3.05, 3.63) is 83.9 Å². The molecule has 35 heavy (non-hydrogen) atoms. The summed E-state index contributed by atoms with van der Waals surface area (Å²) < 4.78 is 47.9. The summed E-state index contributed by atoms with van der Waals surface area (Å²) in [6.07, 6.45) is 0.950. The van der Waals surface area contributed by atoms with E-state index in [2.05, 4.69) is 9.97 Å².